The molecule has 1 aromatic heterocycles. The van der Waals surface area contributed by atoms with Gasteiger partial charge in [0.15, 0.2) is 0 Å². The molecule has 0 N–H and O–H groups in total. The van der Waals surface area contributed by atoms with Crippen LogP contribution in [0.2, 0.25) is 0 Å². The van der Waals surface area contributed by atoms with Crippen molar-refractivity contribution in [2.45, 2.75) is 31.6 Å². The fourth-order valence-electron chi connectivity index (χ4n) is 2.49. The van der Waals surface area contributed by atoms with Crippen LogP contribution < -0.4 is 0 Å². The maximum absolute atomic E-state index is 13.0. The van der Waals surface area contributed by atoms with Gasteiger partial charge in [-0.05, 0) is 42.2 Å². The monoisotopic (exact) mass is 314 g/mol. The Labute approximate surface area is 130 Å². The van der Waals surface area contributed by atoms with Gasteiger partial charge in [-0.2, -0.15) is 0 Å². The molecule has 0 fully saturated rings. The summed E-state index contributed by atoms with van der Waals surface area (Å²) in [7, 11) is -3.65. The van der Waals surface area contributed by atoms with E-state index in [4.69, 9.17) is 0 Å². The number of hydrogen-bond acceptors (Lipinski definition) is 3. The van der Waals surface area contributed by atoms with Crippen LogP contribution in [0.4, 0.5) is 0 Å². The van der Waals surface area contributed by atoms with Crippen LogP contribution >= 0.6 is 0 Å². The molecule has 0 spiro atoms. The Morgan fingerprint density at radius 2 is 1.82 bits per heavy atom. The molecule has 22 heavy (non-hydrogen) atoms. The summed E-state index contributed by atoms with van der Waals surface area (Å²) in [5.41, 5.74) is 3.01. The Hall–Kier alpha value is -2.14. The number of hydrogen-bond donors (Lipinski definition) is 0. The first kappa shape index (κ1) is 14.8. The molecule has 0 aliphatic carbocycles. The van der Waals surface area contributed by atoms with E-state index in [1.54, 1.807) is 18.2 Å². The standard InChI is InChI=1S/C17H18N2O2S/c1-12(2)14-9-8-13(3)17(10-14)22(20,21)19-11-18-15-6-4-5-7-16(15)19/h4-12H,1-3H3. The molecule has 0 bridgehead atoms. The van der Waals surface area contributed by atoms with Crippen LogP contribution in [0, 0.1) is 6.92 Å². The lowest BCUT2D eigenvalue weighted by molar-refractivity contribution is 0.588. The number of rotatable bonds is 3. The molecule has 0 aliphatic heterocycles. The quantitative estimate of drug-likeness (QED) is 0.740. The van der Waals surface area contributed by atoms with Crippen LogP contribution in [-0.2, 0) is 10.0 Å². The third kappa shape index (κ3) is 2.31. The first-order chi connectivity index (χ1) is 10.4. The fourth-order valence-corrected chi connectivity index (χ4v) is 4.04. The molecule has 114 valence electrons. The third-order valence-electron chi connectivity index (χ3n) is 3.84. The zero-order chi connectivity index (χ0) is 15.9. The minimum absolute atomic E-state index is 0.272. The van der Waals surface area contributed by atoms with Crippen LogP contribution in [0.3, 0.4) is 0 Å². The summed E-state index contributed by atoms with van der Waals surface area (Å²) in [6.45, 7) is 5.91. The van der Waals surface area contributed by atoms with Crippen LogP contribution in [0.25, 0.3) is 11.0 Å². The molecule has 0 unspecified atom stereocenters. The SMILES string of the molecule is Cc1ccc(C(C)C)cc1S(=O)(=O)n1cnc2ccccc21. The molecule has 1 heterocycles. The second-order valence-electron chi connectivity index (χ2n) is 5.71. The Bertz CT molecular complexity index is 940. The minimum atomic E-state index is -3.65. The molecule has 0 aliphatic rings. The van der Waals surface area contributed by atoms with Crippen molar-refractivity contribution in [1.29, 1.82) is 0 Å². The number of imidazole rings is 1. The van der Waals surface area contributed by atoms with Gasteiger partial charge in [-0.25, -0.2) is 17.4 Å². The second kappa shape index (κ2) is 5.25. The number of aryl methyl sites for hydroxylation is 1. The lowest BCUT2D eigenvalue weighted by Crippen LogP contribution is -2.13. The van der Waals surface area contributed by atoms with E-state index in [-0.39, 0.29) is 5.92 Å². The number of aromatic nitrogens is 2. The first-order valence-electron chi connectivity index (χ1n) is 7.19. The summed E-state index contributed by atoms with van der Waals surface area (Å²) in [5, 5.41) is 0. The van der Waals surface area contributed by atoms with E-state index in [0.29, 0.717) is 15.9 Å². The highest BCUT2D eigenvalue weighted by Gasteiger charge is 2.22. The van der Waals surface area contributed by atoms with Gasteiger partial charge in [0.05, 0.1) is 15.9 Å². The van der Waals surface area contributed by atoms with Crippen molar-refractivity contribution in [2.75, 3.05) is 0 Å². The van der Waals surface area contributed by atoms with E-state index in [1.165, 1.54) is 10.3 Å². The molecule has 0 atom stereocenters. The summed E-state index contributed by atoms with van der Waals surface area (Å²) in [6, 6.07) is 12.8. The molecule has 0 amide bonds. The second-order valence-corrected chi connectivity index (χ2v) is 7.50. The van der Waals surface area contributed by atoms with Gasteiger partial charge in [0.25, 0.3) is 10.0 Å². The van der Waals surface area contributed by atoms with Gasteiger partial charge < -0.3 is 0 Å². The Morgan fingerprint density at radius 1 is 1.09 bits per heavy atom. The highest BCUT2D eigenvalue weighted by atomic mass is 32.2. The van der Waals surface area contributed by atoms with Gasteiger partial charge >= 0.3 is 0 Å². The van der Waals surface area contributed by atoms with Gasteiger partial charge in [0.2, 0.25) is 0 Å². The van der Waals surface area contributed by atoms with Crippen LogP contribution in [0.5, 0.6) is 0 Å². The number of para-hydroxylation sites is 2. The maximum Gasteiger partial charge on any atom is 0.269 e. The van der Waals surface area contributed by atoms with Gasteiger partial charge in [-0.3, -0.25) is 0 Å². The average molecular weight is 314 g/mol. The topological polar surface area (TPSA) is 52.0 Å². The molecule has 0 radical (unpaired) electrons. The molecule has 3 rings (SSSR count). The van der Waals surface area contributed by atoms with Crippen molar-refractivity contribution in [1.82, 2.24) is 8.96 Å². The first-order valence-corrected chi connectivity index (χ1v) is 8.63. The number of benzene rings is 2. The van der Waals surface area contributed by atoms with Crippen LogP contribution in [0.1, 0.15) is 30.9 Å². The van der Waals surface area contributed by atoms with Crippen molar-refractivity contribution >= 4 is 21.1 Å². The Morgan fingerprint density at radius 3 is 2.55 bits per heavy atom. The predicted molar refractivity (Wildman–Crippen MR) is 87.6 cm³/mol. The number of nitrogens with zero attached hydrogens (tertiary/aromatic N) is 2. The minimum Gasteiger partial charge on any atom is -0.236 e. The van der Waals surface area contributed by atoms with E-state index in [2.05, 4.69) is 4.98 Å². The summed E-state index contributed by atoms with van der Waals surface area (Å²) < 4.78 is 27.3. The maximum atomic E-state index is 13.0. The molecular formula is C17H18N2O2S. The summed E-state index contributed by atoms with van der Waals surface area (Å²) in [6.07, 6.45) is 1.38. The summed E-state index contributed by atoms with van der Waals surface area (Å²) in [5.74, 6) is 0.272. The zero-order valence-corrected chi connectivity index (χ0v) is 13.6. The summed E-state index contributed by atoms with van der Waals surface area (Å²) >= 11 is 0. The van der Waals surface area contributed by atoms with Gasteiger partial charge in [0, 0.05) is 0 Å². The normalized spacial score (nSPS) is 12.2. The molecular weight excluding hydrogens is 296 g/mol. The van der Waals surface area contributed by atoms with Gasteiger partial charge in [0.1, 0.15) is 6.33 Å². The Kier molecular flexibility index (Phi) is 3.53. The van der Waals surface area contributed by atoms with Crippen molar-refractivity contribution in [3.63, 3.8) is 0 Å². The lowest BCUT2D eigenvalue weighted by atomic mass is 10.0. The summed E-state index contributed by atoms with van der Waals surface area (Å²) in [4.78, 5) is 4.52. The van der Waals surface area contributed by atoms with Crippen molar-refractivity contribution in [2.24, 2.45) is 0 Å². The average Bonchev–Trinajstić information content (AvgIpc) is 2.91. The van der Waals surface area contributed by atoms with E-state index < -0.39 is 10.0 Å². The van der Waals surface area contributed by atoms with E-state index in [0.717, 1.165) is 11.1 Å². The largest absolute Gasteiger partial charge is 0.269 e. The highest BCUT2D eigenvalue weighted by molar-refractivity contribution is 7.90. The molecule has 3 aromatic rings. The van der Waals surface area contributed by atoms with Crippen molar-refractivity contribution in [3.05, 3.63) is 59.9 Å². The van der Waals surface area contributed by atoms with Crippen LogP contribution in [0.15, 0.2) is 53.7 Å². The van der Waals surface area contributed by atoms with E-state index in [9.17, 15) is 8.42 Å². The highest BCUT2D eigenvalue weighted by Crippen LogP contribution is 2.26. The van der Waals surface area contributed by atoms with Gasteiger partial charge in [-0.1, -0.05) is 38.1 Å². The van der Waals surface area contributed by atoms with Crippen molar-refractivity contribution in [3.8, 4) is 0 Å². The Balaban J connectivity index is 2.24. The zero-order valence-electron chi connectivity index (χ0n) is 12.8. The molecule has 5 heteroatoms. The van der Waals surface area contributed by atoms with Gasteiger partial charge in [-0.15, -0.1) is 0 Å². The molecule has 0 saturated carbocycles. The van der Waals surface area contributed by atoms with E-state index in [1.807, 2.05) is 45.0 Å². The third-order valence-corrected chi connectivity index (χ3v) is 5.64. The lowest BCUT2D eigenvalue weighted by Gasteiger charge is -2.13. The van der Waals surface area contributed by atoms with Crippen molar-refractivity contribution < 1.29 is 8.42 Å². The smallest absolute Gasteiger partial charge is 0.236 e. The molecule has 0 saturated heterocycles. The van der Waals surface area contributed by atoms with Crippen LogP contribution in [-0.4, -0.2) is 17.4 Å². The predicted octanol–water partition coefficient (Wildman–Crippen LogP) is 3.71. The molecule has 2 aromatic carbocycles. The van der Waals surface area contributed by atoms with E-state index >= 15 is 0 Å². The number of fused-ring (bicyclic) bond motifs is 1. The molecule has 4 nitrogen and oxygen atoms in total. The fraction of sp³-hybridized carbons (Fsp3) is 0.235.